The Morgan fingerprint density at radius 3 is 2.40 bits per heavy atom. The highest BCUT2D eigenvalue weighted by Crippen LogP contribution is 2.15. The van der Waals surface area contributed by atoms with Gasteiger partial charge in [-0.3, -0.25) is 5.43 Å². The number of hydrogen-bond donors (Lipinski definition) is 1. The Kier molecular flexibility index (Phi) is 5.42. The van der Waals surface area contributed by atoms with Crippen molar-refractivity contribution in [1.29, 1.82) is 5.26 Å². The molecule has 0 saturated heterocycles. The van der Waals surface area contributed by atoms with E-state index in [0.29, 0.717) is 12.2 Å². The van der Waals surface area contributed by atoms with E-state index in [0.717, 1.165) is 22.6 Å². The van der Waals surface area contributed by atoms with Gasteiger partial charge < -0.3 is 4.74 Å². The third-order valence-electron chi connectivity index (χ3n) is 3.59. The van der Waals surface area contributed by atoms with E-state index in [1.807, 2.05) is 72.8 Å². The maximum Gasteiger partial charge on any atom is 0.119 e. The van der Waals surface area contributed by atoms with Gasteiger partial charge in [0.2, 0.25) is 0 Å². The van der Waals surface area contributed by atoms with Crippen molar-refractivity contribution in [2.45, 2.75) is 6.61 Å². The third kappa shape index (κ3) is 4.69. The van der Waals surface area contributed by atoms with Crippen molar-refractivity contribution in [2.75, 3.05) is 5.43 Å². The Labute approximate surface area is 147 Å². The van der Waals surface area contributed by atoms with Gasteiger partial charge in [-0.25, -0.2) is 0 Å². The SMILES string of the molecule is N#Cc1ccccc1COc1ccc(C=NNc2ccccc2)cc1. The quantitative estimate of drug-likeness (QED) is 0.532. The molecule has 0 amide bonds. The molecule has 3 aromatic carbocycles. The number of rotatable bonds is 6. The van der Waals surface area contributed by atoms with Gasteiger partial charge in [0.15, 0.2) is 0 Å². The van der Waals surface area contributed by atoms with Crippen LogP contribution in [-0.4, -0.2) is 6.21 Å². The van der Waals surface area contributed by atoms with Crippen LogP contribution in [0.15, 0.2) is 84.0 Å². The van der Waals surface area contributed by atoms with E-state index in [1.165, 1.54) is 0 Å². The van der Waals surface area contributed by atoms with Crippen LogP contribution in [0.3, 0.4) is 0 Å². The van der Waals surface area contributed by atoms with Crippen LogP contribution >= 0.6 is 0 Å². The Bertz CT molecular complexity index is 881. The number of benzene rings is 3. The zero-order valence-electron chi connectivity index (χ0n) is 13.6. The Hall–Kier alpha value is -3.58. The van der Waals surface area contributed by atoms with Crippen molar-refractivity contribution in [1.82, 2.24) is 0 Å². The summed E-state index contributed by atoms with van der Waals surface area (Å²) in [5, 5.41) is 13.3. The van der Waals surface area contributed by atoms with Crippen molar-refractivity contribution in [2.24, 2.45) is 5.10 Å². The van der Waals surface area contributed by atoms with Crippen molar-refractivity contribution in [3.8, 4) is 11.8 Å². The first-order valence-electron chi connectivity index (χ1n) is 7.90. The molecule has 0 fully saturated rings. The van der Waals surface area contributed by atoms with Crippen LogP contribution in [0.5, 0.6) is 5.75 Å². The van der Waals surface area contributed by atoms with Crippen molar-refractivity contribution >= 4 is 11.9 Å². The largest absolute Gasteiger partial charge is 0.489 e. The molecule has 4 nitrogen and oxygen atoms in total. The fourth-order valence-corrected chi connectivity index (χ4v) is 2.26. The lowest BCUT2D eigenvalue weighted by Crippen LogP contribution is -1.98. The second kappa shape index (κ2) is 8.32. The number of hydrogen-bond acceptors (Lipinski definition) is 4. The van der Waals surface area contributed by atoms with Gasteiger partial charge >= 0.3 is 0 Å². The molecule has 3 rings (SSSR count). The first-order chi connectivity index (χ1) is 12.3. The monoisotopic (exact) mass is 327 g/mol. The van der Waals surface area contributed by atoms with Crippen molar-refractivity contribution in [3.05, 3.63) is 95.6 Å². The average Bonchev–Trinajstić information content (AvgIpc) is 2.68. The van der Waals surface area contributed by atoms with Gasteiger partial charge in [-0.05, 0) is 48.0 Å². The van der Waals surface area contributed by atoms with Crippen LogP contribution in [0, 0.1) is 11.3 Å². The molecule has 0 saturated carbocycles. The Morgan fingerprint density at radius 1 is 0.920 bits per heavy atom. The summed E-state index contributed by atoms with van der Waals surface area (Å²) in [6.45, 7) is 0.368. The molecule has 122 valence electrons. The second-order valence-electron chi connectivity index (χ2n) is 5.36. The third-order valence-corrected chi connectivity index (χ3v) is 3.59. The molecule has 0 radical (unpaired) electrons. The molecule has 1 N–H and O–H groups in total. The predicted octanol–water partition coefficient (Wildman–Crippen LogP) is 4.58. The van der Waals surface area contributed by atoms with E-state index in [1.54, 1.807) is 12.3 Å². The highest BCUT2D eigenvalue weighted by Gasteiger charge is 2.01. The average molecular weight is 327 g/mol. The molecular weight excluding hydrogens is 310 g/mol. The highest BCUT2D eigenvalue weighted by molar-refractivity contribution is 5.80. The van der Waals surface area contributed by atoms with Gasteiger partial charge in [-0.2, -0.15) is 10.4 Å². The van der Waals surface area contributed by atoms with Gasteiger partial charge in [0.1, 0.15) is 12.4 Å². The maximum atomic E-state index is 9.09. The summed E-state index contributed by atoms with van der Waals surface area (Å²) < 4.78 is 5.75. The van der Waals surface area contributed by atoms with E-state index < -0.39 is 0 Å². The lowest BCUT2D eigenvalue weighted by atomic mass is 10.1. The summed E-state index contributed by atoms with van der Waals surface area (Å²) >= 11 is 0. The van der Waals surface area contributed by atoms with E-state index in [4.69, 9.17) is 10.00 Å². The fraction of sp³-hybridized carbons (Fsp3) is 0.0476. The zero-order valence-corrected chi connectivity index (χ0v) is 13.6. The molecular formula is C21H17N3O. The summed E-state index contributed by atoms with van der Waals surface area (Å²) in [6, 6.07) is 27.0. The number of ether oxygens (including phenoxy) is 1. The molecule has 3 aromatic rings. The summed E-state index contributed by atoms with van der Waals surface area (Å²) in [6.07, 6.45) is 1.75. The number of para-hydroxylation sites is 1. The standard InChI is InChI=1S/C21H17N3O/c22-14-18-6-4-5-7-19(18)16-25-21-12-10-17(11-13-21)15-23-24-20-8-2-1-3-9-20/h1-13,15,24H,16H2. The van der Waals surface area contributed by atoms with Crippen molar-refractivity contribution in [3.63, 3.8) is 0 Å². The van der Waals surface area contributed by atoms with E-state index in [-0.39, 0.29) is 0 Å². The topological polar surface area (TPSA) is 57.4 Å². The smallest absolute Gasteiger partial charge is 0.119 e. The number of anilines is 1. The molecule has 0 aliphatic rings. The molecule has 0 unspecified atom stereocenters. The number of hydrazone groups is 1. The zero-order chi connectivity index (χ0) is 17.3. The fourth-order valence-electron chi connectivity index (χ4n) is 2.26. The minimum Gasteiger partial charge on any atom is -0.489 e. The van der Waals surface area contributed by atoms with E-state index in [9.17, 15) is 0 Å². The molecule has 0 spiro atoms. The maximum absolute atomic E-state index is 9.09. The van der Waals surface area contributed by atoms with Crippen LogP contribution in [0.4, 0.5) is 5.69 Å². The first kappa shape index (κ1) is 16.3. The van der Waals surface area contributed by atoms with Crippen LogP contribution in [-0.2, 0) is 6.61 Å². The van der Waals surface area contributed by atoms with Gasteiger partial charge in [0.25, 0.3) is 0 Å². The predicted molar refractivity (Wildman–Crippen MR) is 99.6 cm³/mol. The Morgan fingerprint density at radius 2 is 1.64 bits per heavy atom. The first-order valence-corrected chi connectivity index (χ1v) is 7.90. The summed E-state index contributed by atoms with van der Waals surface area (Å²) in [4.78, 5) is 0. The summed E-state index contributed by atoms with van der Waals surface area (Å²) in [7, 11) is 0. The van der Waals surface area contributed by atoms with Crippen LogP contribution < -0.4 is 10.2 Å². The molecule has 4 heteroatoms. The Balaban J connectivity index is 1.56. The number of nitrogens with one attached hydrogen (secondary N) is 1. The second-order valence-corrected chi connectivity index (χ2v) is 5.36. The minimum absolute atomic E-state index is 0.368. The lowest BCUT2D eigenvalue weighted by Gasteiger charge is -2.07. The molecule has 0 aromatic heterocycles. The normalized spacial score (nSPS) is 10.4. The number of nitrogens with zero attached hydrogens (tertiary/aromatic N) is 2. The molecule has 0 heterocycles. The lowest BCUT2D eigenvalue weighted by molar-refractivity contribution is 0.306. The molecule has 25 heavy (non-hydrogen) atoms. The summed E-state index contributed by atoms with van der Waals surface area (Å²) in [5.41, 5.74) is 6.40. The van der Waals surface area contributed by atoms with Gasteiger partial charge in [0, 0.05) is 5.56 Å². The summed E-state index contributed by atoms with van der Waals surface area (Å²) in [5.74, 6) is 0.751. The minimum atomic E-state index is 0.368. The molecule has 0 atom stereocenters. The molecule has 0 bridgehead atoms. The van der Waals surface area contributed by atoms with Gasteiger partial charge in [0.05, 0.1) is 23.5 Å². The van der Waals surface area contributed by atoms with E-state index >= 15 is 0 Å². The van der Waals surface area contributed by atoms with Crippen LogP contribution in [0.25, 0.3) is 0 Å². The van der Waals surface area contributed by atoms with Gasteiger partial charge in [-0.1, -0.05) is 36.4 Å². The van der Waals surface area contributed by atoms with Crippen molar-refractivity contribution < 1.29 is 4.74 Å². The van der Waals surface area contributed by atoms with Crippen LogP contribution in [0.1, 0.15) is 16.7 Å². The van der Waals surface area contributed by atoms with Gasteiger partial charge in [-0.15, -0.1) is 0 Å². The van der Waals surface area contributed by atoms with Crippen LogP contribution in [0.2, 0.25) is 0 Å². The highest BCUT2D eigenvalue weighted by atomic mass is 16.5. The molecule has 0 aliphatic carbocycles. The number of nitriles is 1. The molecule has 0 aliphatic heterocycles. The van der Waals surface area contributed by atoms with E-state index in [2.05, 4.69) is 16.6 Å².